The van der Waals surface area contributed by atoms with Gasteiger partial charge >= 0.3 is 5.97 Å². The third-order valence-corrected chi connectivity index (χ3v) is 3.84. The third-order valence-electron chi connectivity index (χ3n) is 3.84. The van der Waals surface area contributed by atoms with Crippen molar-refractivity contribution in [1.29, 1.82) is 5.26 Å². The summed E-state index contributed by atoms with van der Waals surface area (Å²) in [6, 6.07) is 10.9. The number of aromatic nitrogens is 2. The van der Waals surface area contributed by atoms with Crippen LogP contribution in [0.2, 0.25) is 0 Å². The number of anilines is 1. The van der Waals surface area contributed by atoms with Crippen LogP contribution < -0.4 is 10.5 Å². The summed E-state index contributed by atoms with van der Waals surface area (Å²) in [5, 5.41) is 9.21. The molecule has 7 nitrogen and oxygen atoms in total. The summed E-state index contributed by atoms with van der Waals surface area (Å²) < 4.78 is 12.1. The number of methoxy groups -OCH3 is 1. The molecular formula is C19H16N4O3. The van der Waals surface area contributed by atoms with Gasteiger partial charge in [-0.05, 0) is 42.8 Å². The lowest BCUT2D eigenvalue weighted by Gasteiger charge is -2.13. The minimum Gasteiger partial charge on any atom is -0.464 e. The molecule has 2 N–H and O–H groups in total. The summed E-state index contributed by atoms with van der Waals surface area (Å²) >= 11 is 0. The van der Waals surface area contributed by atoms with Crippen LogP contribution in [0.5, 0.6) is 11.5 Å². The van der Waals surface area contributed by atoms with Gasteiger partial charge in [0.2, 0.25) is 0 Å². The molecule has 3 rings (SSSR count). The summed E-state index contributed by atoms with van der Waals surface area (Å²) in [6.45, 7) is 1.87. The first kappa shape index (κ1) is 17.0. The SMILES string of the molecule is COC(=O)c1c(N)c(C#N)cn1-c1ccc(Oc2cccnc2)cc1C. The molecule has 0 unspecified atom stereocenters. The number of nitrogen functional groups attached to an aromatic ring is 1. The van der Waals surface area contributed by atoms with Crippen LogP contribution >= 0.6 is 0 Å². The topological polar surface area (TPSA) is 103 Å². The largest absolute Gasteiger partial charge is 0.464 e. The first-order valence-electron chi connectivity index (χ1n) is 7.73. The van der Waals surface area contributed by atoms with E-state index < -0.39 is 5.97 Å². The summed E-state index contributed by atoms with van der Waals surface area (Å²) in [5.74, 6) is 0.630. The van der Waals surface area contributed by atoms with E-state index >= 15 is 0 Å². The van der Waals surface area contributed by atoms with Crippen LogP contribution in [-0.2, 0) is 4.74 Å². The van der Waals surface area contributed by atoms with E-state index in [4.69, 9.17) is 15.2 Å². The normalized spacial score (nSPS) is 10.2. The van der Waals surface area contributed by atoms with Crippen molar-refractivity contribution in [3.05, 3.63) is 65.7 Å². The predicted octanol–water partition coefficient (Wildman–Crippen LogP) is 3.21. The molecule has 0 saturated heterocycles. The third kappa shape index (κ3) is 3.08. The highest BCUT2D eigenvalue weighted by atomic mass is 16.5. The highest BCUT2D eigenvalue weighted by molar-refractivity contribution is 5.96. The van der Waals surface area contributed by atoms with E-state index in [0.29, 0.717) is 17.2 Å². The summed E-state index contributed by atoms with van der Waals surface area (Å²) in [7, 11) is 1.27. The molecule has 130 valence electrons. The van der Waals surface area contributed by atoms with E-state index in [2.05, 4.69) is 4.98 Å². The number of nitriles is 1. The van der Waals surface area contributed by atoms with Crippen LogP contribution in [0.1, 0.15) is 21.6 Å². The second kappa shape index (κ2) is 6.99. The summed E-state index contributed by atoms with van der Waals surface area (Å²) in [5.41, 5.74) is 7.88. The van der Waals surface area contributed by atoms with Gasteiger partial charge < -0.3 is 19.8 Å². The average Bonchev–Trinajstić information content (AvgIpc) is 2.98. The van der Waals surface area contributed by atoms with E-state index in [1.807, 2.05) is 19.1 Å². The number of pyridine rings is 1. The maximum Gasteiger partial charge on any atom is 0.357 e. The molecule has 0 spiro atoms. The average molecular weight is 348 g/mol. The van der Waals surface area contributed by atoms with Crippen LogP contribution in [0, 0.1) is 18.3 Å². The summed E-state index contributed by atoms with van der Waals surface area (Å²) in [4.78, 5) is 16.1. The van der Waals surface area contributed by atoms with Crippen molar-refractivity contribution in [2.75, 3.05) is 12.8 Å². The van der Waals surface area contributed by atoms with Crippen molar-refractivity contribution < 1.29 is 14.3 Å². The molecule has 2 aromatic heterocycles. The Bertz CT molecular complexity index is 1000. The maximum atomic E-state index is 12.1. The Morgan fingerprint density at radius 1 is 1.31 bits per heavy atom. The van der Waals surface area contributed by atoms with Crippen LogP contribution in [0.25, 0.3) is 5.69 Å². The number of hydrogen-bond donors (Lipinski definition) is 1. The molecule has 0 aliphatic rings. The second-order valence-electron chi connectivity index (χ2n) is 5.52. The van der Waals surface area contributed by atoms with Gasteiger partial charge in [0.1, 0.15) is 17.6 Å². The molecular weight excluding hydrogens is 332 g/mol. The van der Waals surface area contributed by atoms with Gasteiger partial charge in [-0.25, -0.2) is 4.79 Å². The van der Waals surface area contributed by atoms with E-state index in [-0.39, 0.29) is 16.9 Å². The fourth-order valence-electron chi connectivity index (χ4n) is 2.61. The molecule has 0 saturated carbocycles. The van der Waals surface area contributed by atoms with E-state index in [0.717, 1.165) is 5.56 Å². The van der Waals surface area contributed by atoms with Crippen molar-refractivity contribution in [2.45, 2.75) is 6.92 Å². The molecule has 7 heteroatoms. The predicted molar refractivity (Wildman–Crippen MR) is 95.3 cm³/mol. The van der Waals surface area contributed by atoms with Gasteiger partial charge in [-0.1, -0.05) is 0 Å². The number of ether oxygens (including phenoxy) is 2. The summed E-state index contributed by atoms with van der Waals surface area (Å²) in [6.07, 6.45) is 4.80. The second-order valence-corrected chi connectivity index (χ2v) is 5.52. The number of esters is 1. The Balaban J connectivity index is 2.03. The van der Waals surface area contributed by atoms with Gasteiger partial charge in [0, 0.05) is 18.1 Å². The van der Waals surface area contributed by atoms with Gasteiger partial charge in [-0.3, -0.25) is 4.98 Å². The lowest BCUT2D eigenvalue weighted by atomic mass is 10.2. The highest BCUT2D eigenvalue weighted by Crippen LogP contribution is 2.29. The zero-order valence-corrected chi connectivity index (χ0v) is 14.3. The standard InChI is InChI=1S/C19H16N4O3/c1-12-8-14(26-15-4-3-7-22-10-15)5-6-16(12)23-11-13(9-20)17(21)18(23)19(24)25-2/h3-8,10-11H,21H2,1-2H3. The molecule has 0 fully saturated rings. The number of rotatable bonds is 4. The Kier molecular flexibility index (Phi) is 4.58. The van der Waals surface area contributed by atoms with Crippen LogP contribution in [-0.4, -0.2) is 22.6 Å². The zero-order valence-electron chi connectivity index (χ0n) is 14.3. The molecule has 26 heavy (non-hydrogen) atoms. The van der Waals surface area contributed by atoms with Crippen molar-refractivity contribution in [1.82, 2.24) is 9.55 Å². The Hall–Kier alpha value is -3.79. The number of nitrogens with two attached hydrogens (primary N) is 1. The van der Waals surface area contributed by atoms with Crippen molar-refractivity contribution >= 4 is 11.7 Å². The zero-order chi connectivity index (χ0) is 18.7. The first-order chi connectivity index (χ1) is 12.5. The van der Waals surface area contributed by atoms with Gasteiger partial charge in [-0.15, -0.1) is 0 Å². The number of carbonyl (C=O) groups excluding carboxylic acids is 1. The van der Waals surface area contributed by atoms with E-state index in [1.165, 1.54) is 13.3 Å². The van der Waals surface area contributed by atoms with Crippen molar-refractivity contribution in [3.8, 4) is 23.3 Å². The van der Waals surface area contributed by atoms with Gasteiger partial charge in [0.25, 0.3) is 0 Å². The van der Waals surface area contributed by atoms with E-state index in [1.54, 1.807) is 41.2 Å². The minimum atomic E-state index is -0.612. The Labute approximate surface area is 150 Å². The minimum absolute atomic E-state index is 0.0921. The molecule has 2 heterocycles. The Morgan fingerprint density at radius 3 is 2.73 bits per heavy atom. The maximum absolute atomic E-state index is 12.1. The van der Waals surface area contributed by atoms with Crippen LogP contribution in [0.3, 0.4) is 0 Å². The number of nitrogens with zero attached hydrogens (tertiary/aromatic N) is 3. The molecule has 0 aliphatic carbocycles. The number of aryl methyl sites for hydroxylation is 1. The molecule has 1 aromatic carbocycles. The first-order valence-corrected chi connectivity index (χ1v) is 7.73. The van der Waals surface area contributed by atoms with Gasteiger partial charge in [-0.2, -0.15) is 5.26 Å². The molecule has 0 atom stereocenters. The Morgan fingerprint density at radius 2 is 2.12 bits per heavy atom. The van der Waals surface area contributed by atoms with Crippen molar-refractivity contribution in [2.24, 2.45) is 0 Å². The monoisotopic (exact) mass is 348 g/mol. The molecule has 3 aromatic rings. The smallest absolute Gasteiger partial charge is 0.357 e. The highest BCUT2D eigenvalue weighted by Gasteiger charge is 2.22. The molecule has 0 bridgehead atoms. The number of carbonyl (C=O) groups is 1. The fraction of sp³-hybridized carbons (Fsp3) is 0.105. The quantitative estimate of drug-likeness (QED) is 0.726. The number of hydrogen-bond acceptors (Lipinski definition) is 6. The lowest BCUT2D eigenvalue weighted by molar-refractivity contribution is 0.0593. The molecule has 0 amide bonds. The lowest BCUT2D eigenvalue weighted by Crippen LogP contribution is -2.11. The van der Waals surface area contributed by atoms with Crippen LogP contribution in [0.4, 0.5) is 5.69 Å². The molecule has 0 aliphatic heterocycles. The fourth-order valence-corrected chi connectivity index (χ4v) is 2.61. The number of benzene rings is 1. The molecule has 0 radical (unpaired) electrons. The van der Waals surface area contributed by atoms with Crippen molar-refractivity contribution in [3.63, 3.8) is 0 Å². The van der Waals surface area contributed by atoms with Crippen LogP contribution in [0.15, 0.2) is 48.9 Å². The van der Waals surface area contributed by atoms with E-state index in [9.17, 15) is 10.1 Å². The van der Waals surface area contributed by atoms with Gasteiger partial charge in [0.15, 0.2) is 5.69 Å². The van der Waals surface area contributed by atoms with Gasteiger partial charge in [0.05, 0.1) is 24.6 Å².